The van der Waals surface area contributed by atoms with E-state index in [4.69, 9.17) is 0 Å². The Morgan fingerprint density at radius 1 is 1.32 bits per heavy atom. The number of fused-ring (bicyclic) bond motifs is 1. The zero-order valence-electron chi connectivity index (χ0n) is 14.3. The highest BCUT2D eigenvalue weighted by Crippen LogP contribution is 2.17. The summed E-state index contributed by atoms with van der Waals surface area (Å²) in [5.74, 6) is 1.07. The molecule has 2 N–H and O–H groups in total. The molecule has 0 saturated carbocycles. The SMILES string of the molecule is CN1CCCC(CNc2nc3c(cnn3-c3ccccc3)c(=O)[nH]2)C1. The van der Waals surface area contributed by atoms with Crippen molar-refractivity contribution in [2.75, 3.05) is 32.0 Å². The first-order valence-electron chi connectivity index (χ1n) is 8.66. The molecule has 1 unspecified atom stereocenters. The summed E-state index contributed by atoms with van der Waals surface area (Å²) < 4.78 is 1.70. The molecule has 0 radical (unpaired) electrons. The van der Waals surface area contributed by atoms with Gasteiger partial charge in [0.2, 0.25) is 5.95 Å². The minimum Gasteiger partial charge on any atom is -0.355 e. The molecule has 130 valence electrons. The van der Waals surface area contributed by atoms with Gasteiger partial charge in [-0.2, -0.15) is 10.1 Å². The Kier molecular flexibility index (Phi) is 4.23. The number of aromatic amines is 1. The van der Waals surface area contributed by atoms with Crippen LogP contribution in [-0.2, 0) is 0 Å². The third kappa shape index (κ3) is 3.28. The number of likely N-dealkylation sites (tertiary alicyclic amines) is 1. The maximum absolute atomic E-state index is 12.4. The van der Waals surface area contributed by atoms with Gasteiger partial charge in [-0.15, -0.1) is 0 Å². The molecular formula is C18H22N6O. The number of rotatable bonds is 4. The Hall–Kier alpha value is -2.67. The van der Waals surface area contributed by atoms with Gasteiger partial charge in [-0.05, 0) is 44.5 Å². The van der Waals surface area contributed by atoms with E-state index in [2.05, 4.69) is 32.3 Å². The summed E-state index contributed by atoms with van der Waals surface area (Å²) >= 11 is 0. The van der Waals surface area contributed by atoms with E-state index in [1.165, 1.54) is 12.8 Å². The van der Waals surface area contributed by atoms with Gasteiger partial charge in [0.25, 0.3) is 5.56 Å². The lowest BCUT2D eigenvalue weighted by atomic mass is 9.99. The molecule has 0 bridgehead atoms. The summed E-state index contributed by atoms with van der Waals surface area (Å²) in [6.07, 6.45) is 3.98. The molecule has 3 aromatic rings. The van der Waals surface area contributed by atoms with E-state index in [1.54, 1.807) is 10.9 Å². The fraction of sp³-hybridized carbons (Fsp3) is 0.389. The number of nitrogens with zero attached hydrogens (tertiary/aromatic N) is 4. The fourth-order valence-corrected chi connectivity index (χ4v) is 3.44. The Labute approximate surface area is 145 Å². The second-order valence-electron chi connectivity index (χ2n) is 6.70. The van der Waals surface area contributed by atoms with Crippen LogP contribution >= 0.6 is 0 Å². The number of anilines is 1. The summed E-state index contributed by atoms with van der Waals surface area (Å²) in [5.41, 5.74) is 1.28. The molecule has 1 aliphatic rings. The maximum atomic E-state index is 12.4. The Morgan fingerprint density at radius 3 is 2.96 bits per heavy atom. The number of piperidine rings is 1. The average Bonchev–Trinajstić information content (AvgIpc) is 3.05. The largest absolute Gasteiger partial charge is 0.355 e. The molecule has 2 aromatic heterocycles. The number of para-hydroxylation sites is 1. The summed E-state index contributed by atoms with van der Waals surface area (Å²) in [5, 5.41) is 8.12. The van der Waals surface area contributed by atoms with Gasteiger partial charge in [0.15, 0.2) is 5.65 Å². The molecular weight excluding hydrogens is 316 g/mol. The van der Waals surface area contributed by atoms with Gasteiger partial charge in [0, 0.05) is 13.1 Å². The quantitative estimate of drug-likeness (QED) is 0.759. The molecule has 1 aliphatic heterocycles. The standard InChI is InChI=1S/C18H22N6O/c1-23-9-5-6-13(12-23)10-19-18-21-16-15(17(25)22-18)11-20-24(16)14-7-3-2-4-8-14/h2-4,7-8,11,13H,5-6,9-10,12H2,1H3,(H2,19,21,22,25). The topological polar surface area (TPSA) is 78.8 Å². The minimum absolute atomic E-state index is 0.171. The van der Waals surface area contributed by atoms with Gasteiger partial charge in [-0.25, -0.2) is 4.68 Å². The van der Waals surface area contributed by atoms with Crippen molar-refractivity contribution in [3.63, 3.8) is 0 Å². The van der Waals surface area contributed by atoms with Crippen molar-refractivity contribution in [1.29, 1.82) is 0 Å². The van der Waals surface area contributed by atoms with E-state index in [0.29, 0.717) is 22.9 Å². The highest BCUT2D eigenvalue weighted by Gasteiger charge is 2.17. The fourth-order valence-electron chi connectivity index (χ4n) is 3.44. The normalized spacial score (nSPS) is 18.5. The zero-order chi connectivity index (χ0) is 17.2. The first kappa shape index (κ1) is 15.8. The van der Waals surface area contributed by atoms with E-state index < -0.39 is 0 Å². The third-order valence-corrected chi connectivity index (χ3v) is 4.72. The molecule has 1 fully saturated rings. The predicted octanol–water partition coefficient (Wildman–Crippen LogP) is 1.86. The van der Waals surface area contributed by atoms with Gasteiger partial charge in [0.1, 0.15) is 5.39 Å². The van der Waals surface area contributed by atoms with Crippen molar-refractivity contribution >= 4 is 17.0 Å². The average molecular weight is 338 g/mol. The van der Waals surface area contributed by atoms with Crippen LogP contribution in [-0.4, -0.2) is 51.3 Å². The van der Waals surface area contributed by atoms with E-state index >= 15 is 0 Å². The highest BCUT2D eigenvalue weighted by molar-refractivity contribution is 5.76. The molecule has 0 aliphatic carbocycles. The van der Waals surface area contributed by atoms with Crippen molar-refractivity contribution in [2.24, 2.45) is 5.92 Å². The van der Waals surface area contributed by atoms with Crippen molar-refractivity contribution in [3.8, 4) is 5.69 Å². The van der Waals surface area contributed by atoms with Crippen LogP contribution in [0.5, 0.6) is 0 Å². The summed E-state index contributed by atoms with van der Waals surface area (Å²) in [4.78, 5) is 22.1. The summed E-state index contributed by atoms with van der Waals surface area (Å²) in [6, 6.07) is 9.72. The van der Waals surface area contributed by atoms with Crippen LogP contribution in [0, 0.1) is 5.92 Å². The molecule has 1 aromatic carbocycles. The molecule has 25 heavy (non-hydrogen) atoms. The van der Waals surface area contributed by atoms with Gasteiger partial charge < -0.3 is 10.2 Å². The van der Waals surface area contributed by atoms with Crippen LogP contribution in [0.2, 0.25) is 0 Å². The molecule has 0 amide bonds. The first-order chi connectivity index (χ1) is 12.2. The lowest BCUT2D eigenvalue weighted by molar-refractivity contribution is 0.217. The van der Waals surface area contributed by atoms with Crippen molar-refractivity contribution in [2.45, 2.75) is 12.8 Å². The van der Waals surface area contributed by atoms with Gasteiger partial charge >= 0.3 is 0 Å². The number of nitrogens with one attached hydrogen (secondary N) is 2. The van der Waals surface area contributed by atoms with Gasteiger partial charge in [-0.1, -0.05) is 18.2 Å². The predicted molar refractivity (Wildman–Crippen MR) is 98.2 cm³/mol. The van der Waals surface area contributed by atoms with Gasteiger partial charge in [-0.3, -0.25) is 9.78 Å². The van der Waals surface area contributed by atoms with Crippen LogP contribution in [0.3, 0.4) is 0 Å². The van der Waals surface area contributed by atoms with Crippen LogP contribution < -0.4 is 10.9 Å². The van der Waals surface area contributed by atoms with Crippen LogP contribution in [0.4, 0.5) is 5.95 Å². The molecule has 0 spiro atoms. The second-order valence-corrected chi connectivity index (χ2v) is 6.70. The van der Waals surface area contributed by atoms with Crippen molar-refractivity contribution in [3.05, 3.63) is 46.9 Å². The summed E-state index contributed by atoms with van der Waals surface area (Å²) in [6.45, 7) is 3.04. The lowest BCUT2D eigenvalue weighted by Gasteiger charge is -2.29. The van der Waals surface area contributed by atoms with E-state index in [-0.39, 0.29) is 5.56 Å². The van der Waals surface area contributed by atoms with Gasteiger partial charge in [0.05, 0.1) is 11.9 Å². The number of H-pyrrole nitrogens is 1. The molecule has 4 rings (SSSR count). The zero-order valence-corrected chi connectivity index (χ0v) is 14.3. The number of hydrogen-bond donors (Lipinski definition) is 2. The van der Waals surface area contributed by atoms with E-state index in [0.717, 1.165) is 25.3 Å². The lowest BCUT2D eigenvalue weighted by Crippen LogP contribution is -2.35. The monoisotopic (exact) mass is 338 g/mol. The maximum Gasteiger partial charge on any atom is 0.263 e. The van der Waals surface area contributed by atoms with E-state index in [1.807, 2.05) is 30.3 Å². The molecule has 1 atom stereocenters. The Morgan fingerprint density at radius 2 is 2.16 bits per heavy atom. The van der Waals surface area contributed by atoms with E-state index in [9.17, 15) is 4.79 Å². The number of benzene rings is 1. The smallest absolute Gasteiger partial charge is 0.263 e. The molecule has 1 saturated heterocycles. The van der Waals surface area contributed by atoms with Crippen LogP contribution in [0.15, 0.2) is 41.3 Å². The van der Waals surface area contributed by atoms with Crippen LogP contribution in [0.25, 0.3) is 16.7 Å². The highest BCUT2D eigenvalue weighted by atomic mass is 16.1. The number of aromatic nitrogens is 4. The number of hydrogen-bond acceptors (Lipinski definition) is 5. The first-order valence-corrected chi connectivity index (χ1v) is 8.66. The Balaban J connectivity index is 1.61. The molecule has 7 heteroatoms. The molecule has 7 nitrogen and oxygen atoms in total. The minimum atomic E-state index is -0.171. The third-order valence-electron chi connectivity index (χ3n) is 4.72. The van der Waals surface area contributed by atoms with Crippen LogP contribution in [0.1, 0.15) is 12.8 Å². The Bertz CT molecular complexity index is 916. The molecule has 3 heterocycles. The second kappa shape index (κ2) is 6.68. The summed E-state index contributed by atoms with van der Waals surface area (Å²) in [7, 11) is 2.15. The van der Waals surface area contributed by atoms with Crippen molar-refractivity contribution < 1.29 is 0 Å². The van der Waals surface area contributed by atoms with Crippen molar-refractivity contribution in [1.82, 2.24) is 24.6 Å².